The average Bonchev–Trinajstić information content (AvgIpc) is 2.88. The number of benzene rings is 1. The van der Waals surface area contributed by atoms with Gasteiger partial charge in [0.1, 0.15) is 26.4 Å². The molecule has 0 unspecified atom stereocenters. The second-order valence-corrected chi connectivity index (χ2v) is 15.1. The van der Waals surface area contributed by atoms with Crippen molar-refractivity contribution >= 4 is 17.9 Å². The molecule has 3 rings (SSSR count). The molecule has 27 heavy (non-hydrogen) atoms. The van der Waals surface area contributed by atoms with E-state index in [0.29, 0.717) is 0 Å². The third kappa shape index (κ3) is 4.20. The Bertz CT molecular complexity index is 903. The fourth-order valence-electron chi connectivity index (χ4n) is 3.28. The van der Waals surface area contributed by atoms with Gasteiger partial charge in [-0.05, 0) is 32.1 Å². The Morgan fingerprint density at radius 1 is 1.11 bits per heavy atom. The van der Waals surface area contributed by atoms with Crippen LogP contribution in [0.4, 0.5) is 0 Å². The van der Waals surface area contributed by atoms with Gasteiger partial charge in [-0.2, -0.15) is 0 Å². The molecule has 1 heterocycles. The summed E-state index contributed by atoms with van der Waals surface area (Å²) in [6, 6.07) is 8.21. The largest absolute Gasteiger partial charge is 0.389 e. The van der Waals surface area contributed by atoms with Crippen molar-refractivity contribution in [3.8, 4) is 11.5 Å². The van der Waals surface area contributed by atoms with Crippen molar-refractivity contribution in [3.05, 3.63) is 41.3 Å². The van der Waals surface area contributed by atoms with Crippen LogP contribution in [-0.4, -0.2) is 45.7 Å². The monoisotopic (exact) mass is 406 g/mol. The molecule has 1 aliphatic carbocycles. The number of ether oxygens (including phenoxy) is 2. The first-order valence-electron chi connectivity index (χ1n) is 8.99. The summed E-state index contributed by atoms with van der Waals surface area (Å²) in [5.74, 6) is 1.32. The lowest BCUT2D eigenvalue weighted by atomic mass is 9.89. The Morgan fingerprint density at radius 3 is 2.33 bits per heavy atom. The maximum Gasteiger partial charge on any atom is 0.203 e. The van der Waals surface area contributed by atoms with Crippen molar-refractivity contribution in [2.75, 3.05) is 0 Å². The molecule has 1 N–H and O–H groups in total. The zero-order chi connectivity index (χ0) is 20.0. The molecule has 1 aliphatic heterocycles. The van der Waals surface area contributed by atoms with Crippen molar-refractivity contribution in [2.24, 2.45) is 5.92 Å². The van der Waals surface area contributed by atoms with Crippen LogP contribution in [0.5, 0.6) is 0 Å². The molecule has 0 bridgehead atoms. The molecule has 1 aromatic rings. The normalized spacial score (nSPS) is 30.1. The van der Waals surface area contributed by atoms with Crippen LogP contribution in [-0.2, 0) is 19.3 Å². The first-order chi connectivity index (χ1) is 12.4. The van der Waals surface area contributed by atoms with E-state index in [1.807, 2.05) is 0 Å². The van der Waals surface area contributed by atoms with Gasteiger partial charge in [0, 0.05) is 0 Å². The molecule has 0 saturated carbocycles. The van der Waals surface area contributed by atoms with Gasteiger partial charge in [0.05, 0.1) is 15.7 Å². The summed E-state index contributed by atoms with van der Waals surface area (Å²) < 4.78 is 38.2. The summed E-state index contributed by atoms with van der Waals surface area (Å²) >= 11 is 0. The fraction of sp³-hybridized carbons (Fsp3) is 0.500. The molecule has 1 fully saturated rings. The predicted octanol–water partition coefficient (Wildman–Crippen LogP) is 2.74. The Morgan fingerprint density at radius 2 is 1.74 bits per heavy atom. The number of aliphatic hydroxyl groups is 1. The van der Waals surface area contributed by atoms with Gasteiger partial charge in [0.25, 0.3) is 0 Å². The number of rotatable bonds is 2. The highest BCUT2D eigenvalue weighted by Crippen LogP contribution is 2.41. The molecule has 146 valence electrons. The Kier molecular flexibility index (Phi) is 5.17. The van der Waals surface area contributed by atoms with Crippen molar-refractivity contribution in [1.82, 2.24) is 0 Å². The summed E-state index contributed by atoms with van der Waals surface area (Å²) in [5.41, 5.74) is 3.20. The molecular formula is C20H26O5SSi. The van der Waals surface area contributed by atoms with Gasteiger partial charge in [-0.1, -0.05) is 43.8 Å². The quantitative estimate of drug-likeness (QED) is 0.604. The van der Waals surface area contributed by atoms with Crippen LogP contribution >= 0.6 is 0 Å². The molecule has 1 aromatic carbocycles. The van der Waals surface area contributed by atoms with E-state index < -0.39 is 47.9 Å². The van der Waals surface area contributed by atoms with E-state index in [1.165, 1.54) is 0 Å². The van der Waals surface area contributed by atoms with Gasteiger partial charge in [0.2, 0.25) is 9.84 Å². The fourth-order valence-corrected chi connectivity index (χ4v) is 5.50. The second kappa shape index (κ2) is 6.87. The molecule has 0 spiro atoms. The minimum absolute atomic E-state index is 0.0921. The first kappa shape index (κ1) is 20.3. The minimum atomic E-state index is -3.81. The third-order valence-corrected chi connectivity index (χ3v) is 7.24. The lowest BCUT2D eigenvalue weighted by molar-refractivity contribution is -0.153. The molecule has 5 nitrogen and oxygen atoms in total. The summed E-state index contributed by atoms with van der Waals surface area (Å²) in [6.45, 7) is 9.72. The second-order valence-electron chi connectivity index (χ2n) is 8.44. The van der Waals surface area contributed by atoms with Gasteiger partial charge in [-0.25, -0.2) is 8.42 Å². The SMILES string of the molecule is CC1(C)O[C@H]2[C@@H](O)[C@@H](C#C[Si](C)(C)C)C(S(=O)(=O)c3ccccc3)=C[C@H]2O1. The predicted molar refractivity (Wildman–Crippen MR) is 106 cm³/mol. The van der Waals surface area contributed by atoms with Crippen molar-refractivity contribution in [3.63, 3.8) is 0 Å². The Balaban J connectivity index is 2.12. The zero-order valence-corrected chi connectivity index (χ0v) is 18.1. The molecule has 4 atom stereocenters. The van der Waals surface area contributed by atoms with E-state index in [0.717, 1.165) is 0 Å². The van der Waals surface area contributed by atoms with Crippen LogP contribution in [0.15, 0.2) is 46.2 Å². The van der Waals surface area contributed by atoms with Gasteiger partial charge in [0.15, 0.2) is 5.79 Å². The van der Waals surface area contributed by atoms with E-state index in [4.69, 9.17) is 9.47 Å². The summed E-state index contributed by atoms with van der Waals surface area (Å²) in [6.07, 6.45) is -0.791. The van der Waals surface area contributed by atoms with Gasteiger partial charge in [-0.3, -0.25) is 0 Å². The highest BCUT2D eigenvalue weighted by molar-refractivity contribution is 7.95. The van der Waals surface area contributed by atoms with Crippen LogP contribution in [0.2, 0.25) is 19.6 Å². The average molecular weight is 407 g/mol. The highest BCUT2D eigenvalue weighted by atomic mass is 32.2. The molecule has 7 heteroatoms. The lowest BCUT2D eigenvalue weighted by Gasteiger charge is -2.32. The molecule has 0 amide bonds. The van der Waals surface area contributed by atoms with Crippen LogP contribution in [0.1, 0.15) is 13.8 Å². The molecule has 0 aromatic heterocycles. The van der Waals surface area contributed by atoms with Crippen molar-refractivity contribution in [2.45, 2.75) is 62.5 Å². The maximum absolute atomic E-state index is 13.3. The zero-order valence-electron chi connectivity index (χ0n) is 16.3. The summed E-state index contributed by atoms with van der Waals surface area (Å²) in [7, 11) is -5.58. The number of fused-ring (bicyclic) bond motifs is 1. The highest BCUT2D eigenvalue weighted by Gasteiger charge is 2.51. The number of sulfone groups is 1. The molecule has 0 radical (unpaired) electrons. The topological polar surface area (TPSA) is 72.8 Å². The van der Waals surface area contributed by atoms with E-state index in [2.05, 4.69) is 31.1 Å². The van der Waals surface area contributed by atoms with Crippen LogP contribution in [0.25, 0.3) is 0 Å². The molecule has 1 saturated heterocycles. The van der Waals surface area contributed by atoms with Gasteiger partial charge >= 0.3 is 0 Å². The minimum Gasteiger partial charge on any atom is -0.389 e. The lowest BCUT2D eigenvalue weighted by Crippen LogP contribution is -2.45. The van der Waals surface area contributed by atoms with E-state index in [1.54, 1.807) is 50.3 Å². The standard InChI is InChI=1S/C20H26O5SSi/c1-20(2)24-16-13-17(26(22,23)14-9-7-6-8-10-14)15(11-12-27(3,4)5)18(21)19(16)25-20/h6-10,13,15-16,18-19,21H,1-5H3/t15-,16+,18-,19+/m0/s1. The first-order valence-corrected chi connectivity index (χ1v) is 14.0. The maximum atomic E-state index is 13.3. The van der Waals surface area contributed by atoms with E-state index in [9.17, 15) is 13.5 Å². The van der Waals surface area contributed by atoms with Crippen LogP contribution in [0, 0.1) is 17.4 Å². The van der Waals surface area contributed by atoms with Gasteiger partial charge < -0.3 is 14.6 Å². The van der Waals surface area contributed by atoms with E-state index >= 15 is 0 Å². The smallest absolute Gasteiger partial charge is 0.203 e. The third-order valence-electron chi connectivity index (χ3n) is 4.44. The molecular weight excluding hydrogens is 380 g/mol. The van der Waals surface area contributed by atoms with E-state index in [-0.39, 0.29) is 9.80 Å². The summed E-state index contributed by atoms with van der Waals surface area (Å²) in [5, 5.41) is 11.0. The Labute approximate surface area is 162 Å². The number of hydrogen-bond donors (Lipinski definition) is 1. The number of aliphatic hydroxyl groups excluding tert-OH is 1. The van der Waals surface area contributed by atoms with Crippen molar-refractivity contribution < 1.29 is 23.0 Å². The van der Waals surface area contributed by atoms with Gasteiger partial charge in [-0.15, -0.1) is 5.54 Å². The summed E-state index contributed by atoms with van der Waals surface area (Å²) in [4.78, 5) is 0.273. The van der Waals surface area contributed by atoms with Crippen LogP contribution in [0.3, 0.4) is 0 Å². The van der Waals surface area contributed by atoms with Crippen molar-refractivity contribution in [1.29, 1.82) is 0 Å². The number of hydrogen-bond acceptors (Lipinski definition) is 5. The molecule has 2 aliphatic rings. The Hall–Kier alpha value is -1.43. The van der Waals surface area contributed by atoms with Crippen LogP contribution < -0.4 is 0 Å².